The maximum Gasteiger partial charge on any atom is 0.00385 e. The summed E-state index contributed by atoms with van der Waals surface area (Å²) in [5, 5.41) is 0. The minimum atomic E-state index is 0.685. The minimum Gasteiger partial charge on any atom is -0.330 e. The monoisotopic (exact) mass is 228 g/mol. The van der Waals surface area contributed by atoms with Crippen LogP contribution in [0.3, 0.4) is 0 Å². The van der Waals surface area contributed by atoms with Gasteiger partial charge in [-0.1, -0.05) is 26.7 Å². The number of nitrogens with two attached hydrogens (primary N) is 1. The lowest BCUT2D eigenvalue weighted by atomic mass is 10.1. The third-order valence-corrected chi connectivity index (χ3v) is 3.32. The van der Waals surface area contributed by atoms with E-state index >= 15 is 0 Å². The molecule has 0 saturated heterocycles. The van der Waals surface area contributed by atoms with Crippen LogP contribution in [0.1, 0.15) is 59.8 Å². The molecule has 16 heavy (non-hydrogen) atoms. The van der Waals surface area contributed by atoms with E-state index < -0.39 is 0 Å². The van der Waals surface area contributed by atoms with E-state index in [1.54, 1.807) is 0 Å². The molecule has 1 atom stereocenters. The Bertz CT molecular complexity index is 146. The van der Waals surface area contributed by atoms with Gasteiger partial charge in [-0.2, -0.15) is 0 Å². The summed E-state index contributed by atoms with van der Waals surface area (Å²) in [7, 11) is 0. The molecule has 0 aromatic rings. The molecule has 0 aliphatic carbocycles. The fourth-order valence-electron chi connectivity index (χ4n) is 1.95. The van der Waals surface area contributed by atoms with Crippen molar-refractivity contribution >= 4 is 0 Å². The maximum atomic E-state index is 5.63. The van der Waals surface area contributed by atoms with Crippen molar-refractivity contribution in [1.82, 2.24) is 4.90 Å². The summed E-state index contributed by atoms with van der Waals surface area (Å²) < 4.78 is 0. The third-order valence-electron chi connectivity index (χ3n) is 3.32. The topological polar surface area (TPSA) is 29.3 Å². The fraction of sp³-hybridized carbons (Fsp3) is 1.00. The predicted molar refractivity (Wildman–Crippen MR) is 73.7 cm³/mol. The van der Waals surface area contributed by atoms with Crippen LogP contribution in [-0.2, 0) is 0 Å². The predicted octanol–water partition coefficient (Wildman–Crippen LogP) is 3.26. The van der Waals surface area contributed by atoms with Gasteiger partial charge in [-0.05, 0) is 58.7 Å². The Morgan fingerprint density at radius 1 is 1.00 bits per heavy atom. The first-order chi connectivity index (χ1) is 7.61. The molecule has 0 rings (SSSR count). The van der Waals surface area contributed by atoms with Crippen molar-refractivity contribution in [3.63, 3.8) is 0 Å². The number of rotatable bonds is 10. The Morgan fingerprint density at radius 2 is 1.62 bits per heavy atom. The molecule has 0 aliphatic heterocycles. The maximum absolute atomic E-state index is 5.63. The summed E-state index contributed by atoms with van der Waals surface area (Å²) >= 11 is 0. The number of nitrogens with zero attached hydrogens (tertiary/aromatic N) is 1. The van der Waals surface area contributed by atoms with Crippen LogP contribution in [0.4, 0.5) is 0 Å². The van der Waals surface area contributed by atoms with Gasteiger partial charge >= 0.3 is 0 Å². The van der Waals surface area contributed by atoms with Gasteiger partial charge in [-0.15, -0.1) is 0 Å². The van der Waals surface area contributed by atoms with Crippen molar-refractivity contribution in [2.45, 2.75) is 65.8 Å². The molecule has 0 bridgehead atoms. The van der Waals surface area contributed by atoms with Gasteiger partial charge in [0.15, 0.2) is 0 Å². The summed E-state index contributed by atoms with van der Waals surface area (Å²) in [4.78, 5) is 2.61. The van der Waals surface area contributed by atoms with E-state index in [4.69, 9.17) is 5.73 Å². The molecule has 0 aliphatic rings. The Hall–Kier alpha value is -0.0800. The molecule has 0 aromatic heterocycles. The van der Waals surface area contributed by atoms with E-state index in [-0.39, 0.29) is 0 Å². The van der Waals surface area contributed by atoms with Gasteiger partial charge in [-0.25, -0.2) is 0 Å². The highest BCUT2D eigenvalue weighted by molar-refractivity contribution is 4.64. The molecule has 2 heteroatoms. The number of hydrogen-bond acceptors (Lipinski definition) is 2. The molecule has 0 heterocycles. The molecule has 0 fully saturated rings. The molecule has 0 radical (unpaired) electrons. The molecule has 2 N–H and O–H groups in total. The molecule has 0 amide bonds. The van der Waals surface area contributed by atoms with E-state index in [1.165, 1.54) is 45.2 Å². The van der Waals surface area contributed by atoms with Crippen molar-refractivity contribution < 1.29 is 0 Å². The summed E-state index contributed by atoms with van der Waals surface area (Å²) in [5.74, 6) is 0.685. The first kappa shape index (κ1) is 15.9. The molecular weight excluding hydrogens is 196 g/mol. The van der Waals surface area contributed by atoms with Gasteiger partial charge in [0.25, 0.3) is 0 Å². The van der Waals surface area contributed by atoms with Crippen LogP contribution in [0.5, 0.6) is 0 Å². The Labute approximate surface area is 103 Å². The van der Waals surface area contributed by atoms with Crippen molar-refractivity contribution in [3.8, 4) is 0 Å². The van der Waals surface area contributed by atoms with E-state index in [9.17, 15) is 0 Å². The summed E-state index contributed by atoms with van der Waals surface area (Å²) in [6.07, 6.45) is 6.59. The molecule has 0 spiro atoms. The van der Waals surface area contributed by atoms with Gasteiger partial charge in [0.2, 0.25) is 0 Å². The lowest BCUT2D eigenvalue weighted by Crippen LogP contribution is -2.33. The second-order valence-corrected chi connectivity index (χ2v) is 5.32. The molecule has 98 valence electrons. The van der Waals surface area contributed by atoms with Crippen LogP contribution in [0.2, 0.25) is 0 Å². The highest BCUT2D eigenvalue weighted by atomic mass is 15.1. The van der Waals surface area contributed by atoms with Crippen molar-refractivity contribution in [2.75, 3.05) is 19.6 Å². The van der Waals surface area contributed by atoms with Gasteiger partial charge in [0, 0.05) is 6.04 Å². The van der Waals surface area contributed by atoms with E-state index in [1.807, 2.05) is 0 Å². The Morgan fingerprint density at radius 3 is 2.12 bits per heavy atom. The van der Waals surface area contributed by atoms with Crippen molar-refractivity contribution in [3.05, 3.63) is 0 Å². The molecule has 0 saturated carbocycles. The smallest absolute Gasteiger partial charge is 0.00385 e. The molecule has 1 unspecified atom stereocenters. The second-order valence-electron chi connectivity index (χ2n) is 5.32. The van der Waals surface area contributed by atoms with Gasteiger partial charge < -0.3 is 10.6 Å². The minimum absolute atomic E-state index is 0.685. The van der Waals surface area contributed by atoms with Gasteiger partial charge in [0.1, 0.15) is 0 Å². The van der Waals surface area contributed by atoms with E-state index in [0.29, 0.717) is 12.0 Å². The SMILES string of the molecule is CCCCCN(CCCC(C)CN)C(C)C. The summed E-state index contributed by atoms with van der Waals surface area (Å²) in [6.45, 7) is 12.5. The average Bonchev–Trinajstić information content (AvgIpc) is 2.26. The zero-order chi connectivity index (χ0) is 12.4. The fourth-order valence-corrected chi connectivity index (χ4v) is 1.95. The van der Waals surface area contributed by atoms with Crippen LogP contribution in [0.15, 0.2) is 0 Å². The van der Waals surface area contributed by atoms with Crippen LogP contribution >= 0.6 is 0 Å². The van der Waals surface area contributed by atoms with Crippen LogP contribution < -0.4 is 5.73 Å². The summed E-state index contributed by atoms with van der Waals surface area (Å²) in [5.41, 5.74) is 5.63. The Balaban J connectivity index is 3.68. The van der Waals surface area contributed by atoms with Crippen LogP contribution in [0.25, 0.3) is 0 Å². The lowest BCUT2D eigenvalue weighted by molar-refractivity contribution is 0.209. The van der Waals surface area contributed by atoms with Gasteiger partial charge in [-0.3, -0.25) is 0 Å². The van der Waals surface area contributed by atoms with E-state index in [0.717, 1.165) is 6.54 Å². The highest BCUT2D eigenvalue weighted by Gasteiger charge is 2.09. The molecule has 2 nitrogen and oxygen atoms in total. The zero-order valence-electron chi connectivity index (χ0n) is 11.8. The summed E-state index contributed by atoms with van der Waals surface area (Å²) in [6, 6.07) is 0.685. The van der Waals surface area contributed by atoms with Crippen LogP contribution in [0, 0.1) is 5.92 Å². The van der Waals surface area contributed by atoms with Crippen molar-refractivity contribution in [1.29, 1.82) is 0 Å². The largest absolute Gasteiger partial charge is 0.330 e. The first-order valence-corrected chi connectivity index (χ1v) is 7.05. The lowest BCUT2D eigenvalue weighted by Gasteiger charge is -2.26. The first-order valence-electron chi connectivity index (χ1n) is 7.05. The Kier molecular flexibility index (Phi) is 10.0. The zero-order valence-corrected chi connectivity index (χ0v) is 11.8. The number of unbranched alkanes of at least 4 members (excludes halogenated alkanes) is 2. The standard InChI is InChI=1S/C14H32N2/c1-5-6-7-10-16(13(2)3)11-8-9-14(4)12-15/h13-14H,5-12,15H2,1-4H3. The molecule has 0 aromatic carbocycles. The quantitative estimate of drug-likeness (QED) is 0.582. The third kappa shape index (κ3) is 8.12. The second kappa shape index (κ2) is 10.1. The molecular formula is C14H32N2. The normalized spacial score (nSPS) is 13.7. The van der Waals surface area contributed by atoms with Crippen LogP contribution in [-0.4, -0.2) is 30.6 Å². The number of hydrogen-bond donors (Lipinski definition) is 1. The average molecular weight is 228 g/mol. The van der Waals surface area contributed by atoms with Gasteiger partial charge in [0.05, 0.1) is 0 Å². The van der Waals surface area contributed by atoms with Crippen molar-refractivity contribution in [2.24, 2.45) is 11.7 Å². The highest BCUT2D eigenvalue weighted by Crippen LogP contribution is 2.08. The van der Waals surface area contributed by atoms with E-state index in [2.05, 4.69) is 32.6 Å².